The summed E-state index contributed by atoms with van der Waals surface area (Å²) < 4.78 is 59.4. The fourth-order valence-corrected chi connectivity index (χ4v) is 4.88. The van der Waals surface area contributed by atoms with Crippen LogP contribution in [0.2, 0.25) is 13.6 Å². The molecule has 6 rings (SSSR count). The van der Waals surface area contributed by atoms with Gasteiger partial charge >= 0.3 is 25.8 Å². The first-order chi connectivity index (χ1) is 21.7. The second-order valence-corrected chi connectivity index (χ2v) is 10.2. The predicted molar refractivity (Wildman–Crippen MR) is 167 cm³/mol. The van der Waals surface area contributed by atoms with Crippen molar-refractivity contribution in [2.75, 3.05) is 7.11 Å². The van der Waals surface area contributed by atoms with Gasteiger partial charge in [-0.1, -0.05) is 32.4 Å². The van der Waals surface area contributed by atoms with E-state index in [9.17, 15) is 18.4 Å². The number of ether oxygens (including phenoxy) is 4. The zero-order valence-corrected chi connectivity index (χ0v) is 24.8. The fourth-order valence-electron chi connectivity index (χ4n) is 4.88. The quantitative estimate of drug-likeness (QED) is 0.137. The summed E-state index contributed by atoms with van der Waals surface area (Å²) in [5, 5.41) is 0. The number of halogens is 2. The molecule has 0 fully saturated rings. The minimum Gasteiger partial charge on any atom is -0.465 e. The van der Waals surface area contributed by atoms with Crippen molar-refractivity contribution in [1.82, 2.24) is 0 Å². The maximum Gasteiger partial charge on any atom is 0.343 e. The van der Waals surface area contributed by atoms with Gasteiger partial charge in [-0.05, 0) is 82.7 Å². The number of esters is 2. The van der Waals surface area contributed by atoms with Gasteiger partial charge < -0.3 is 28.3 Å². The SMILES string of the molecule is C=COC(=O)c1ccc(Oc2ccc3c(c2)COB3C)c(F)c1.COC(=O)c1ccc(Oc2ccc3c(c2)COB3C)c(F)c1.[HH]. The van der Waals surface area contributed by atoms with Gasteiger partial charge in [0.25, 0.3) is 0 Å². The molecule has 0 spiro atoms. The Balaban J connectivity index is 0.000000205. The van der Waals surface area contributed by atoms with Crippen LogP contribution in [0, 0.1) is 11.6 Å². The maximum absolute atomic E-state index is 14.1. The second kappa shape index (κ2) is 13.8. The Morgan fingerprint density at radius 3 is 1.64 bits per heavy atom. The minimum absolute atomic E-state index is 0. The van der Waals surface area contributed by atoms with Crippen molar-refractivity contribution in [3.8, 4) is 23.0 Å². The number of carbonyl (C=O) groups excluding carboxylic acids is 2. The Kier molecular flexibility index (Phi) is 9.65. The molecule has 8 nitrogen and oxygen atoms in total. The molecule has 4 aromatic rings. The molecule has 230 valence electrons. The largest absolute Gasteiger partial charge is 0.465 e. The molecule has 2 aliphatic rings. The van der Waals surface area contributed by atoms with E-state index in [4.69, 9.17) is 18.8 Å². The van der Waals surface area contributed by atoms with Gasteiger partial charge in [-0.15, -0.1) is 0 Å². The van der Waals surface area contributed by atoms with E-state index in [0.717, 1.165) is 40.4 Å². The van der Waals surface area contributed by atoms with Crippen LogP contribution in [0.3, 0.4) is 0 Å². The molecule has 0 unspecified atom stereocenters. The minimum atomic E-state index is -0.672. The number of methoxy groups -OCH3 is 1. The molecular formula is C33H30B2F2O8. The smallest absolute Gasteiger partial charge is 0.343 e. The van der Waals surface area contributed by atoms with Crippen LogP contribution in [0.1, 0.15) is 33.3 Å². The Morgan fingerprint density at radius 2 is 1.22 bits per heavy atom. The lowest BCUT2D eigenvalue weighted by Gasteiger charge is -2.09. The van der Waals surface area contributed by atoms with Gasteiger partial charge in [0.15, 0.2) is 23.1 Å². The molecule has 0 saturated carbocycles. The van der Waals surface area contributed by atoms with Crippen molar-refractivity contribution < 1.29 is 48.1 Å². The monoisotopic (exact) mass is 614 g/mol. The van der Waals surface area contributed by atoms with Gasteiger partial charge in [0.1, 0.15) is 11.5 Å². The van der Waals surface area contributed by atoms with Crippen molar-refractivity contribution in [1.29, 1.82) is 0 Å². The third-order valence-electron chi connectivity index (χ3n) is 7.25. The number of fused-ring (bicyclic) bond motifs is 2. The Bertz CT molecular complexity index is 1770. The van der Waals surface area contributed by atoms with Gasteiger partial charge in [-0.25, -0.2) is 18.4 Å². The highest BCUT2D eigenvalue weighted by Gasteiger charge is 2.25. The standard InChI is InChI=1S/C17H14BFO4.C16H14BFO4.H2/c1-3-21-17(20)11-4-7-16(15(19)9-11)23-13-5-6-14-12(8-13)10-22-18(14)2;1-17-13-5-4-12(7-11(13)9-21-17)22-15-6-3-10(8-14(15)18)16(19)20-2;/h3-9H,1,10H2,2H3;3-8H,9H2,1-2H3;1H. The molecule has 0 atom stereocenters. The molecule has 4 aromatic carbocycles. The summed E-state index contributed by atoms with van der Waals surface area (Å²) in [6.45, 7) is 8.42. The summed E-state index contributed by atoms with van der Waals surface area (Å²) in [5.74, 6) is -1.39. The number of hydrogen-bond donors (Lipinski definition) is 0. The molecule has 0 bridgehead atoms. The lowest BCUT2D eigenvalue weighted by Crippen LogP contribution is -2.23. The average Bonchev–Trinajstić information content (AvgIpc) is 3.60. The van der Waals surface area contributed by atoms with Gasteiger partial charge in [0.2, 0.25) is 0 Å². The highest BCUT2D eigenvalue weighted by Crippen LogP contribution is 2.28. The van der Waals surface area contributed by atoms with Gasteiger partial charge in [-0.3, -0.25) is 0 Å². The first kappa shape index (κ1) is 31.5. The van der Waals surface area contributed by atoms with Crippen LogP contribution in [-0.2, 0) is 32.0 Å². The molecular weight excluding hydrogens is 584 g/mol. The molecule has 12 heteroatoms. The number of carbonyl (C=O) groups is 2. The van der Waals surface area contributed by atoms with Crippen LogP contribution in [0.15, 0.2) is 85.6 Å². The van der Waals surface area contributed by atoms with Crippen LogP contribution in [0.4, 0.5) is 8.78 Å². The van der Waals surface area contributed by atoms with Crippen molar-refractivity contribution in [3.05, 3.63) is 120 Å². The topological polar surface area (TPSA) is 89.5 Å². The fraction of sp³-hybridized carbons (Fsp3) is 0.152. The number of hydrogen-bond acceptors (Lipinski definition) is 8. The molecule has 0 aliphatic carbocycles. The Labute approximate surface area is 261 Å². The summed E-state index contributed by atoms with van der Waals surface area (Å²) >= 11 is 0. The molecule has 0 saturated heterocycles. The molecule has 2 aliphatic heterocycles. The van der Waals surface area contributed by atoms with E-state index in [0.29, 0.717) is 24.7 Å². The molecule has 0 amide bonds. The van der Waals surface area contributed by atoms with Crippen LogP contribution in [0.25, 0.3) is 0 Å². The molecule has 45 heavy (non-hydrogen) atoms. The molecule has 0 radical (unpaired) electrons. The molecule has 2 heterocycles. The van der Waals surface area contributed by atoms with Crippen LogP contribution >= 0.6 is 0 Å². The summed E-state index contributed by atoms with van der Waals surface area (Å²) in [5.41, 5.74) is 4.53. The first-order valence-corrected chi connectivity index (χ1v) is 14.0. The summed E-state index contributed by atoms with van der Waals surface area (Å²) in [4.78, 5) is 22.9. The van der Waals surface area contributed by atoms with Crippen LogP contribution in [-0.4, -0.2) is 32.9 Å². The van der Waals surface area contributed by atoms with E-state index in [1.165, 1.54) is 31.4 Å². The third-order valence-corrected chi connectivity index (χ3v) is 7.25. The average molecular weight is 614 g/mol. The summed E-state index contributed by atoms with van der Waals surface area (Å²) in [7, 11) is 1.25. The van der Waals surface area contributed by atoms with Crippen molar-refractivity contribution >= 4 is 36.7 Å². The van der Waals surface area contributed by atoms with E-state index in [2.05, 4.69) is 16.1 Å². The lowest BCUT2D eigenvalue weighted by atomic mass is 9.64. The summed E-state index contributed by atoms with van der Waals surface area (Å²) in [6.07, 6.45) is 0.998. The molecule has 0 aromatic heterocycles. The van der Waals surface area contributed by atoms with Crippen molar-refractivity contribution in [2.24, 2.45) is 0 Å². The van der Waals surface area contributed by atoms with Crippen molar-refractivity contribution in [2.45, 2.75) is 26.9 Å². The normalized spacial score (nSPS) is 12.8. The zero-order chi connectivity index (χ0) is 32.1. The lowest BCUT2D eigenvalue weighted by molar-refractivity contribution is 0.0599. The van der Waals surface area contributed by atoms with E-state index >= 15 is 0 Å². The van der Waals surface area contributed by atoms with Gasteiger partial charge in [0, 0.05) is 1.43 Å². The Morgan fingerprint density at radius 1 is 0.756 bits per heavy atom. The first-order valence-electron chi connectivity index (χ1n) is 14.0. The second-order valence-electron chi connectivity index (χ2n) is 10.2. The summed E-state index contributed by atoms with van der Waals surface area (Å²) in [6, 6.07) is 18.9. The number of rotatable bonds is 7. The zero-order valence-electron chi connectivity index (χ0n) is 24.8. The van der Waals surface area contributed by atoms with Crippen LogP contribution in [0.5, 0.6) is 23.0 Å². The highest BCUT2D eigenvalue weighted by molar-refractivity contribution is 6.67. The van der Waals surface area contributed by atoms with E-state index in [-0.39, 0.29) is 37.9 Å². The Hall–Kier alpha value is -4.93. The maximum atomic E-state index is 14.1. The molecule has 0 N–H and O–H groups in total. The van der Waals surface area contributed by atoms with E-state index in [1.807, 2.05) is 37.9 Å². The predicted octanol–water partition coefficient (Wildman–Crippen LogP) is 6.29. The third kappa shape index (κ3) is 7.25. The van der Waals surface area contributed by atoms with Gasteiger partial charge in [-0.2, -0.15) is 0 Å². The van der Waals surface area contributed by atoms with Crippen LogP contribution < -0.4 is 20.4 Å². The van der Waals surface area contributed by atoms with E-state index < -0.39 is 23.6 Å². The number of benzene rings is 4. The van der Waals surface area contributed by atoms with E-state index in [1.54, 1.807) is 12.1 Å². The van der Waals surface area contributed by atoms with Crippen molar-refractivity contribution in [3.63, 3.8) is 0 Å². The highest BCUT2D eigenvalue weighted by atomic mass is 19.1. The van der Waals surface area contributed by atoms with Gasteiger partial charge in [0.05, 0.1) is 37.7 Å².